The Morgan fingerprint density at radius 2 is 2.27 bits per heavy atom. The molecule has 0 fully saturated rings. The van der Waals surface area contributed by atoms with Crippen LogP contribution in [0.25, 0.3) is 5.70 Å². The predicted octanol–water partition coefficient (Wildman–Crippen LogP) is 3.85. The fourth-order valence-electron chi connectivity index (χ4n) is 1.10. The minimum absolute atomic E-state index is 0.805. The molecule has 0 saturated heterocycles. The number of rotatable bonds is 3. The first-order chi connectivity index (χ1) is 7.13. The molecule has 1 heterocycles. The third kappa shape index (κ3) is 3.80. The topological polar surface area (TPSA) is 25.2 Å². The molecule has 2 nitrogen and oxygen atoms in total. The largest absolute Gasteiger partial charge is 0.259 e. The second-order valence-corrected chi connectivity index (χ2v) is 3.92. The van der Waals surface area contributed by atoms with E-state index < -0.39 is 0 Å². The predicted molar refractivity (Wildman–Crippen MR) is 68.9 cm³/mol. The monoisotopic (exact) mass is 264 g/mol. The van der Waals surface area contributed by atoms with Gasteiger partial charge in [0.15, 0.2) is 0 Å². The van der Waals surface area contributed by atoms with Crippen molar-refractivity contribution in [3.05, 3.63) is 46.7 Å². The third-order valence-electron chi connectivity index (χ3n) is 1.63. The van der Waals surface area contributed by atoms with Gasteiger partial charge in [0.25, 0.3) is 0 Å². The molecule has 0 N–H and O–H groups in total. The Labute approximate surface area is 98.6 Å². The maximum atomic E-state index is 4.34. The van der Waals surface area contributed by atoms with Crippen LogP contribution in [-0.2, 0) is 0 Å². The first-order valence-electron chi connectivity index (χ1n) is 4.62. The van der Waals surface area contributed by atoms with Crippen LogP contribution >= 0.6 is 15.9 Å². The Kier molecular flexibility index (Phi) is 4.43. The molecule has 1 aromatic heterocycles. The van der Waals surface area contributed by atoms with Crippen LogP contribution in [0.3, 0.4) is 0 Å². The standard InChI is InChI=1S/C12H13BrN2/c1-4-14-11(8-9(2)3)10-6-5-7-12(13)15-10/h4-8H,2H2,1,3H3/b11-8-,14-4?. The fourth-order valence-corrected chi connectivity index (χ4v) is 1.44. The SMILES string of the molecule is C=C(C)/C=C(\N=CC)c1cccc(Br)n1. The van der Waals surface area contributed by atoms with E-state index >= 15 is 0 Å². The summed E-state index contributed by atoms with van der Waals surface area (Å²) in [4.78, 5) is 8.61. The number of hydrogen-bond acceptors (Lipinski definition) is 2. The van der Waals surface area contributed by atoms with Gasteiger partial charge in [-0.05, 0) is 48.0 Å². The highest BCUT2D eigenvalue weighted by Gasteiger charge is 2.01. The molecule has 0 radical (unpaired) electrons. The van der Waals surface area contributed by atoms with Crippen molar-refractivity contribution >= 4 is 27.8 Å². The number of aliphatic imine (C=N–C) groups is 1. The van der Waals surface area contributed by atoms with Crippen molar-refractivity contribution in [2.24, 2.45) is 4.99 Å². The average Bonchev–Trinajstić information content (AvgIpc) is 2.16. The lowest BCUT2D eigenvalue weighted by Crippen LogP contribution is -1.88. The molecule has 78 valence electrons. The van der Waals surface area contributed by atoms with Gasteiger partial charge in [-0.1, -0.05) is 18.2 Å². The zero-order valence-electron chi connectivity index (χ0n) is 8.87. The molecule has 0 atom stereocenters. The van der Waals surface area contributed by atoms with Crippen LogP contribution in [0.4, 0.5) is 0 Å². The van der Waals surface area contributed by atoms with Crippen molar-refractivity contribution in [2.75, 3.05) is 0 Å². The molecule has 0 bridgehead atoms. The van der Waals surface area contributed by atoms with Crippen molar-refractivity contribution < 1.29 is 0 Å². The molecule has 0 aliphatic heterocycles. The molecule has 0 amide bonds. The van der Waals surface area contributed by atoms with E-state index in [0.717, 1.165) is 21.6 Å². The van der Waals surface area contributed by atoms with Crippen LogP contribution in [0, 0.1) is 0 Å². The van der Waals surface area contributed by atoms with Crippen LogP contribution < -0.4 is 0 Å². The minimum Gasteiger partial charge on any atom is -0.259 e. The van der Waals surface area contributed by atoms with Crippen molar-refractivity contribution in [1.82, 2.24) is 4.98 Å². The lowest BCUT2D eigenvalue weighted by atomic mass is 10.2. The second kappa shape index (κ2) is 5.61. The molecule has 0 saturated carbocycles. The quantitative estimate of drug-likeness (QED) is 0.463. The van der Waals surface area contributed by atoms with E-state index in [-0.39, 0.29) is 0 Å². The summed E-state index contributed by atoms with van der Waals surface area (Å²) in [5, 5.41) is 0. The average molecular weight is 265 g/mol. The summed E-state index contributed by atoms with van der Waals surface area (Å²) in [6, 6.07) is 5.74. The lowest BCUT2D eigenvalue weighted by molar-refractivity contribution is 1.21. The zero-order chi connectivity index (χ0) is 11.3. The maximum Gasteiger partial charge on any atom is 0.106 e. The number of allylic oxidation sites excluding steroid dienone is 2. The van der Waals surface area contributed by atoms with Crippen LogP contribution in [0.15, 0.2) is 46.0 Å². The lowest BCUT2D eigenvalue weighted by Gasteiger charge is -2.01. The van der Waals surface area contributed by atoms with Gasteiger partial charge < -0.3 is 0 Å². The Bertz CT molecular complexity index is 419. The zero-order valence-corrected chi connectivity index (χ0v) is 10.5. The Hall–Kier alpha value is -1.22. The van der Waals surface area contributed by atoms with Gasteiger partial charge in [-0.2, -0.15) is 0 Å². The minimum atomic E-state index is 0.805. The van der Waals surface area contributed by atoms with E-state index in [1.54, 1.807) is 6.21 Å². The highest BCUT2D eigenvalue weighted by atomic mass is 79.9. The summed E-state index contributed by atoms with van der Waals surface area (Å²) in [5.74, 6) is 0. The van der Waals surface area contributed by atoms with Gasteiger partial charge in [-0.25, -0.2) is 4.98 Å². The fraction of sp³-hybridized carbons (Fsp3) is 0.167. The van der Waals surface area contributed by atoms with Crippen LogP contribution in [-0.4, -0.2) is 11.2 Å². The Morgan fingerprint density at radius 3 is 2.80 bits per heavy atom. The molecule has 0 aromatic carbocycles. The summed E-state index contributed by atoms with van der Waals surface area (Å²) >= 11 is 3.34. The molecular formula is C12H13BrN2. The first kappa shape index (κ1) is 11.9. The maximum absolute atomic E-state index is 4.34. The van der Waals surface area contributed by atoms with Crippen LogP contribution in [0.2, 0.25) is 0 Å². The third-order valence-corrected chi connectivity index (χ3v) is 2.07. The molecule has 0 aliphatic rings. The number of halogens is 1. The Morgan fingerprint density at radius 1 is 1.53 bits per heavy atom. The first-order valence-corrected chi connectivity index (χ1v) is 5.41. The van der Waals surface area contributed by atoms with E-state index in [0.29, 0.717) is 0 Å². The molecule has 3 heteroatoms. The highest BCUT2D eigenvalue weighted by Crippen LogP contribution is 2.17. The number of aromatic nitrogens is 1. The summed E-state index contributed by atoms with van der Waals surface area (Å²) in [5.41, 5.74) is 2.62. The van der Waals surface area contributed by atoms with E-state index in [2.05, 4.69) is 32.5 Å². The van der Waals surface area contributed by atoms with Crippen LogP contribution in [0.5, 0.6) is 0 Å². The number of pyridine rings is 1. The van der Waals surface area contributed by atoms with Gasteiger partial charge in [-0.15, -0.1) is 0 Å². The smallest absolute Gasteiger partial charge is 0.106 e. The van der Waals surface area contributed by atoms with Gasteiger partial charge in [0.2, 0.25) is 0 Å². The molecule has 15 heavy (non-hydrogen) atoms. The second-order valence-electron chi connectivity index (χ2n) is 3.11. The number of nitrogens with zero attached hydrogens (tertiary/aromatic N) is 2. The van der Waals surface area contributed by atoms with Crippen LogP contribution in [0.1, 0.15) is 19.5 Å². The Balaban J connectivity index is 3.15. The summed E-state index contributed by atoms with van der Waals surface area (Å²) in [6.45, 7) is 7.65. The molecule has 1 aromatic rings. The summed E-state index contributed by atoms with van der Waals surface area (Å²) < 4.78 is 0.805. The van der Waals surface area contributed by atoms with Gasteiger partial charge in [0.1, 0.15) is 4.60 Å². The van der Waals surface area contributed by atoms with Crippen molar-refractivity contribution in [3.8, 4) is 0 Å². The molecule has 0 aliphatic carbocycles. The van der Waals surface area contributed by atoms with Crippen molar-refractivity contribution in [3.63, 3.8) is 0 Å². The van der Waals surface area contributed by atoms with E-state index in [1.165, 1.54) is 0 Å². The molecule has 0 spiro atoms. The van der Waals surface area contributed by atoms with Gasteiger partial charge in [0.05, 0.1) is 11.4 Å². The molecule has 0 unspecified atom stereocenters. The van der Waals surface area contributed by atoms with Gasteiger partial charge >= 0.3 is 0 Å². The summed E-state index contributed by atoms with van der Waals surface area (Å²) in [6.07, 6.45) is 3.66. The van der Waals surface area contributed by atoms with E-state index in [9.17, 15) is 0 Å². The van der Waals surface area contributed by atoms with Gasteiger partial charge in [0, 0.05) is 6.21 Å². The van der Waals surface area contributed by atoms with Crippen molar-refractivity contribution in [2.45, 2.75) is 13.8 Å². The van der Waals surface area contributed by atoms with E-state index in [4.69, 9.17) is 0 Å². The highest BCUT2D eigenvalue weighted by molar-refractivity contribution is 9.10. The van der Waals surface area contributed by atoms with E-state index in [1.807, 2.05) is 38.1 Å². The van der Waals surface area contributed by atoms with Gasteiger partial charge in [-0.3, -0.25) is 4.99 Å². The normalized spacial score (nSPS) is 12.1. The summed E-state index contributed by atoms with van der Waals surface area (Å²) in [7, 11) is 0. The molecule has 1 rings (SSSR count). The molecular weight excluding hydrogens is 252 g/mol. The van der Waals surface area contributed by atoms with Crippen molar-refractivity contribution in [1.29, 1.82) is 0 Å². The number of hydrogen-bond donors (Lipinski definition) is 0.